The lowest BCUT2D eigenvalue weighted by atomic mass is 9.96. The zero-order valence-corrected chi connectivity index (χ0v) is 12.9. The first kappa shape index (κ1) is 15.3. The molecule has 2 aromatic carbocycles. The summed E-state index contributed by atoms with van der Waals surface area (Å²) in [5.41, 5.74) is 2.26. The van der Waals surface area contributed by atoms with Gasteiger partial charge >= 0.3 is 0 Å². The van der Waals surface area contributed by atoms with E-state index in [-0.39, 0.29) is 11.9 Å². The molecule has 0 saturated heterocycles. The summed E-state index contributed by atoms with van der Waals surface area (Å²) in [5.74, 6) is -0.266. The van der Waals surface area contributed by atoms with Gasteiger partial charge in [-0.15, -0.1) is 0 Å². The normalized spacial score (nSPS) is 12.4. The number of rotatable bonds is 4. The average Bonchev–Trinajstić information content (AvgIpc) is 2.40. The SMILES string of the molecule is CCNC(c1cc(C)ccc1F)c1c(Cl)cccc1Cl. The summed E-state index contributed by atoms with van der Waals surface area (Å²) < 4.78 is 14.2. The molecule has 106 valence electrons. The first-order valence-electron chi connectivity index (χ1n) is 6.48. The smallest absolute Gasteiger partial charge is 0.128 e. The highest BCUT2D eigenvalue weighted by Crippen LogP contribution is 2.35. The molecule has 0 fully saturated rings. The van der Waals surface area contributed by atoms with Crippen molar-refractivity contribution in [3.8, 4) is 0 Å². The molecule has 0 radical (unpaired) electrons. The second-order valence-corrected chi connectivity index (χ2v) is 5.47. The van der Waals surface area contributed by atoms with Crippen molar-refractivity contribution in [1.82, 2.24) is 5.32 Å². The lowest BCUT2D eigenvalue weighted by Gasteiger charge is -2.22. The van der Waals surface area contributed by atoms with Gasteiger partial charge in [0.25, 0.3) is 0 Å². The highest BCUT2D eigenvalue weighted by Gasteiger charge is 2.22. The molecule has 0 bridgehead atoms. The van der Waals surface area contributed by atoms with E-state index >= 15 is 0 Å². The Kier molecular flexibility index (Phi) is 5.03. The largest absolute Gasteiger partial charge is 0.306 e. The molecule has 0 aliphatic carbocycles. The zero-order chi connectivity index (χ0) is 14.7. The third-order valence-corrected chi connectivity index (χ3v) is 3.82. The summed E-state index contributed by atoms with van der Waals surface area (Å²) in [7, 11) is 0. The quantitative estimate of drug-likeness (QED) is 0.824. The van der Waals surface area contributed by atoms with Crippen molar-refractivity contribution in [2.45, 2.75) is 19.9 Å². The Balaban J connectivity index is 2.59. The number of hydrogen-bond donors (Lipinski definition) is 1. The van der Waals surface area contributed by atoms with Crippen molar-refractivity contribution < 1.29 is 4.39 Å². The van der Waals surface area contributed by atoms with Crippen molar-refractivity contribution in [2.24, 2.45) is 0 Å². The minimum absolute atomic E-state index is 0.266. The van der Waals surface area contributed by atoms with Crippen molar-refractivity contribution in [3.63, 3.8) is 0 Å². The summed E-state index contributed by atoms with van der Waals surface area (Å²) in [5, 5.41) is 4.32. The van der Waals surface area contributed by atoms with E-state index in [2.05, 4.69) is 5.32 Å². The maximum atomic E-state index is 14.2. The highest BCUT2D eigenvalue weighted by atomic mass is 35.5. The molecule has 20 heavy (non-hydrogen) atoms. The Morgan fingerprint density at radius 2 is 1.80 bits per heavy atom. The Morgan fingerprint density at radius 3 is 2.40 bits per heavy atom. The zero-order valence-electron chi connectivity index (χ0n) is 11.4. The van der Waals surface area contributed by atoms with Gasteiger partial charge in [0, 0.05) is 21.2 Å². The molecule has 1 atom stereocenters. The van der Waals surface area contributed by atoms with Gasteiger partial charge in [0.15, 0.2) is 0 Å². The Morgan fingerprint density at radius 1 is 1.15 bits per heavy atom. The summed E-state index contributed by atoms with van der Waals surface area (Å²) in [6.45, 7) is 4.57. The molecule has 1 nitrogen and oxygen atoms in total. The van der Waals surface area contributed by atoms with Crippen LogP contribution in [0.2, 0.25) is 10.0 Å². The maximum absolute atomic E-state index is 14.2. The molecule has 2 rings (SSSR count). The summed E-state index contributed by atoms with van der Waals surface area (Å²) in [6, 6.07) is 9.99. The predicted octanol–water partition coefficient (Wildman–Crippen LogP) is 5.14. The van der Waals surface area contributed by atoms with Crippen LogP contribution < -0.4 is 5.32 Å². The van der Waals surface area contributed by atoms with Gasteiger partial charge in [-0.25, -0.2) is 4.39 Å². The van der Waals surface area contributed by atoms with Gasteiger partial charge in [0.1, 0.15) is 5.82 Å². The molecule has 0 aliphatic rings. The third kappa shape index (κ3) is 3.14. The summed E-state index contributed by atoms with van der Waals surface area (Å²) in [6.07, 6.45) is 0. The maximum Gasteiger partial charge on any atom is 0.128 e. The van der Waals surface area contributed by atoms with Gasteiger partial charge < -0.3 is 5.32 Å². The van der Waals surface area contributed by atoms with Crippen LogP contribution in [0.15, 0.2) is 36.4 Å². The molecule has 0 heterocycles. The first-order chi connectivity index (χ1) is 9.54. The van der Waals surface area contributed by atoms with Crippen LogP contribution in [-0.4, -0.2) is 6.54 Å². The fourth-order valence-corrected chi connectivity index (χ4v) is 2.86. The van der Waals surface area contributed by atoms with E-state index in [4.69, 9.17) is 23.2 Å². The third-order valence-electron chi connectivity index (χ3n) is 3.16. The van der Waals surface area contributed by atoms with E-state index in [0.717, 1.165) is 5.56 Å². The molecule has 4 heteroatoms. The Hall–Kier alpha value is -1.09. The Bertz CT molecular complexity index is 593. The first-order valence-corrected chi connectivity index (χ1v) is 7.23. The molecular weight excluding hydrogens is 296 g/mol. The van der Waals surface area contributed by atoms with E-state index in [0.29, 0.717) is 27.7 Å². The number of benzene rings is 2. The standard InChI is InChI=1S/C16H16Cl2FN/c1-3-20-16(11-9-10(2)7-8-14(11)19)15-12(17)5-4-6-13(15)18/h4-9,16,20H,3H2,1-2H3. The number of halogens is 3. The van der Waals surface area contributed by atoms with Crippen LogP contribution in [0.4, 0.5) is 4.39 Å². The van der Waals surface area contributed by atoms with Gasteiger partial charge in [-0.2, -0.15) is 0 Å². The highest BCUT2D eigenvalue weighted by molar-refractivity contribution is 6.36. The fraction of sp³-hybridized carbons (Fsp3) is 0.250. The number of aryl methyl sites for hydroxylation is 1. The monoisotopic (exact) mass is 311 g/mol. The molecule has 2 aromatic rings. The van der Waals surface area contributed by atoms with Crippen LogP contribution in [0.5, 0.6) is 0 Å². The number of nitrogens with one attached hydrogen (secondary N) is 1. The van der Waals surface area contributed by atoms with Crippen LogP contribution >= 0.6 is 23.2 Å². The molecule has 1 unspecified atom stereocenters. The van der Waals surface area contributed by atoms with E-state index in [1.165, 1.54) is 6.07 Å². The van der Waals surface area contributed by atoms with Gasteiger partial charge in [0.05, 0.1) is 6.04 Å². The van der Waals surface area contributed by atoms with E-state index in [1.807, 2.05) is 19.9 Å². The lowest BCUT2D eigenvalue weighted by molar-refractivity contribution is 0.558. The van der Waals surface area contributed by atoms with E-state index in [9.17, 15) is 4.39 Å². The molecule has 0 aromatic heterocycles. The van der Waals surface area contributed by atoms with E-state index in [1.54, 1.807) is 24.3 Å². The summed E-state index contributed by atoms with van der Waals surface area (Å²) in [4.78, 5) is 0. The molecule has 1 N–H and O–H groups in total. The van der Waals surface area contributed by atoms with Crippen molar-refractivity contribution in [1.29, 1.82) is 0 Å². The van der Waals surface area contributed by atoms with Crippen molar-refractivity contribution >= 4 is 23.2 Å². The van der Waals surface area contributed by atoms with Crippen LogP contribution in [0.1, 0.15) is 29.7 Å². The molecule has 0 aliphatic heterocycles. The Labute approximate surface area is 128 Å². The lowest BCUT2D eigenvalue weighted by Crippen LogP contribution is -2.23. The number of hydrogen-bond acceptors (Lipinski definition) is 1. The molecule has 0 saturated carbocycles. The minimum Gasteiger partial charge on any atom is -0.306 e. The van der Waals surface area contributed by atoms with Crippen molar-refractivity contribution in [3.05, 3.63) is 69.0 Å². The fourth-order valence-electron chi connectivity index (χ4n) is 2.24. The van der Waals surface area contributed by atoms with Crippen LogP contribution in [0.25, 0.3) is 0 Å². The van der Waals surface area contributed by atoms with E-state index < -0.39 is 0 Å². The van der Waals surface area contributed by atoms with Gasteiger partial charge in [0.2, 0.25) is 0 Å². The van der Waals surface area contributed by atoms with Gasteiger partial charge in [-0.3, -0.25) is 0 Å². The van der Waals surface area contributed by atoms with Crippen LogP contribution in [-0.2, 0) is 0 Å². The molecular formula is C16H16Cl2FN. The van der Waals surface area contributed by atoms with Crippen LogP contribution in [0.3, 0.4) is 0 Å². The van der Waals surface area contributed by atoms with Crippen molar-refractivity contribution in [2.75, 3.05) is 6.54 Å². The topological polar surface area (TPSA) is 12.0 Å². The van der Waals surface area contributed by atoms with Gasteiger partial charge in [-0.1, -0.05) is 53.9 Å². The predicted molar refractivity (Wildman–Crippen MR) is 83.1 cm³/mol. The van der Waals surface area contributed by atoms with Gasteiger partial charge in [-0.05, 0) is 31.7 Å². The molecule has 0 amide bonds. The second kappa shape index (κ2) is 6.57. The second-order valence-electron chi connectivity index (χ2n) is 4.65. The summed E-state index contributed by atoms with van der Waals surface area (Å²) >= 11 is 12.5. The minimum atomic E-state index is -0.360. The van der Waals surface area contributed by atoms with Crippen LogP contribution in [0, 0.1) is 12.7 Å². The molecule has 0 spiro atoms. The average molecular weight is 312 g/mol.